The Labute approximate surface area is 151 Å². The van der Waals surface area contributed by atoms with Gasteiger partial charge in [-0.3, -0.25) is 4.79 Å². The third-order valence-electron chi connectivity index (χ3n) is 3.68. The van der Waals surface area contributed by atoms with Crippen LogP contribution in [0, 0.1) is 0 Å². The van der Waals surface area contributed by atoms with Crippen molar-refractivity contribution >= 4 is 27.1 Å². The number of rotatable bonds is 6. The maximum atomic E-state index is 12.5. The number of nitrogens with one attached hydrogen (secondary N) is 1. The lowest BCUT2D eigenvalue weighted by Gasteiger charge is -2.08. The van der Waals surface area contributed by atoms with E-state index >= 15 is 0 Å². The van der Waals surface area contributed by atoms with E-state index in [2.05, 4.69) is 5.32 Å². The van der Waals surface area contributed by atoms with Gasteiger partial charge in [0.25, 0.3) is 5.91 Å². The summed E-state index contributed by atoms with van der Waals surface area (Å²) in [6, 6.07) is 17.0. The van der Waals surface area contributed by atoms with Crippen LogP contribution >= 0.6 is 11.3 Å². The van der Waals surface area contributed by atoms with E-state index < -0.39 is 9.84 Å². The van der Waals surface area contributed by atoms with Crippen LogP contribution in [-0.4, -0.2) is 14.3 Å². The third-order valence-corrected chi connectivity index (χ3v) is 6.12. The second kappa shape index (κ2) is 7.63. The predicted octanol–water partition coefficient (Wildman–Crippen LogP) is 3.65. The fourth-order valence-electron chi connectivity index (χ4n) is 2.41. The van der Waals surface area contributed by atoms with Crippen LogP contribution in [0.2, 0.25) is 0 Å². The molecule has 0 unspecified atom stereocenters. The largest absolute Gasteiger partial charge is 0.348 e. The first-order chi connectivity index (χ1) is 12.0. The Morgan fingerprint density at radius 1 is 0.960 bits per heavy atom. The van der Waals surface area contributed by atoms with Gasteiger partial charge in [0.05, 0.1) is 10.6 Å². The van der Waals surface area contributed by atoms with Gasteiger partial charge in [-0.25, -0.2) is 8.42 Å². The molecule has 3 aromatic rings. The smallest absolute Gasteiger partial charge is 0.251 e. The molecule has 0 bridgehead atoms. The minimum absolute atomic E-state index is 0.136. The van der Waals surface area contributed by atoms with Gasteiger partial charge in [0.1, 0.15) is 0 Å². The van der Waals surface area contributed by atoms with Gasteiger partial charge in [0, 0.05) is 12.1 Å². The summed E-state index contributed by atoms with van der Waals surface area (Å²) in [5, 5.41) is 6.77. The first-order valence-corrected chi connectivity index (χ1v) is 10.3. The molecule has 1 N–H and O–H groups in total. The SMILES string of the molecule is O=C(NCc1ccsc1)c1cccc(CS(=O)(=O)c2ccccc2)c1. The molecule has 0 saturated heterocycles. The number of carbonyl (C=O) groups excluding carboxylic acids is 1. The average Bonchev–Trinajstić information content (AvgIpc) is 3.14. The van der Waals surface area contributed by atoms with Crippen molar-refractivity contribution < 1.29 is 13.2 Å². The molecule has 1 heterocycles. The summed E-state index contributed by atoms with van der Waals surface area (Å²) in [6.07, 6.45) is 0. The molecule has 2 aromatic carbocycles. The molecule has 6 heteroatoms. The summed E-state index contributed by atoms with van der Waals surface area (Å²) < 4.78 is 24.9. The van der Waals surface area contributed by atoms with Crippen molar-refractivity contribution in [2.75, 3.05) is 0 Å². The van der Waals surface area contributed by atoms with E-state index in [1.807, 2.05) is 16.8 Å². The molecule has 0 saturated carbocycles. The van der Waals surface area contributed by atoms with E-state index in [9.17, 15) is 13.2 Å². The molecule has 4 nitrogen and oxygen atoms in total. The monoisotopic (exact) mass is 371 g/mol. The molecule has 1 aromatic heterocycles. The lowest BCUT2D eigenvalue weighted by Crippen LogP contribution is -2.22. The molecule has 1 amide bonds. The molecule has 0 fully saturated rings. The second-order valence-electron chi connectivity index (χ2n) is 5.59. The normalized spacial score (nSPS) is 11.2. The van der Waals surface area contributed by atoms with Gasteiger partial charge in [0.2, 0.25) is 0 Å². The Balaban J connectivity index is 1.72. The summed E-state index contributed by atoms with van der Waals surface area (Å²) in [5.74, 6) is -0.354. The molecule has 128 valence electrons. The Kier molecular flexibility index (Phi) is 5.31. The number of hydrogen-bond acceptors (Lipinski definition) is 4. The molecular formula is C19H17NO3S2. The molecule has 0 aliphatic heterocycles. The van der Waals surface area contributed by atoms with Crippen molar-refractivity contribution in [2.45, 2.75) is 17.2 Å². The zero-order valence-corrected chi connectivity index (χ0v) is 15.0. The van der Waals surface area contributed by atoms with Gasteiger partial charge in [-0.15, -0.1) is 0 Å². The van der Waals surface area contributed by atoms with Crippen LogP contribution in [0.15, 0.2) is 76.3 Å². The predicted molar refractivity (Wildman–Crippen MR) is 99.3 cm³/mol. The number of carbonyl (C=O) groups is 1. The Morgan fingerprint density at radius 3 is 2.48 bits per heavy atom. The zero-order valence-electron chi connectivity index (χ0n) is 13.4. The average molecular weight is 371 g/mol. The van der Waals surface area contributed by atoms with Crippen molar-refractivity contribution in [2.24, 2.45) is 0 Å². The summed E-state index contributed by atoms with van der Waals surface area (Å²) in [7, 11) is -3.43. The highest BCUT2D eigenvalue weighted by molar-refractivity contribution is 7.90. The van der Waals surface area contributed by atoms with E-state index in [-0.39, 0.29) is 16.6 Å². The lowest BCUT2D eigenvalue weighted by molar-refractivity contribution is 0.0951. The van der Waals surface area contributed by atoms with Crippen LogP contribution in [-0.2, 0) is 22.1 Å². The summed E-state index contributed by atoms with van der Waals surface area (Å²) >= 11 is 1.58. The van der Waals surface area contributed by atoms with Gasteiger partial charge in [-0.05, 0) is 52.2 Å². The van der Waals surface area contributed by atoms with Crippen LogP contribution in [0.3, 0.4) is 0 Å². The molecule has 25 heavy (non-hydrogen) atoms. The highest BCUT2D eigenvalue weighted by Gasteiger charge is 2.16. The fourth-order valence-corrected chi connectivity index (χ4v) is 4.44. The molecule has 0 radical (unpaired) electrons. The first-order valence-electron chi connectivity index (χ1n) is 7.71. The second-order valence-corrected chi connectivity index (χ2v) is 8.36. The van der Waals surface area contributed by atoms with Crippen LogP contribution in [0.1, 0.15) is 21.5 Å². The van der Waals surface area contributed by atoms with Crippen LogP contribution in [0.5, 0.6) is 0 Å². The van der Waals surface area contributed by atoms with Crippen LogP contribution < -0.4 is 5.32 Å². The van der Waals surface area contributed by atoms with E-state index in [4.69, 9.17) is 0 Å². The molecule has 0 aliphatic carbocycles. The van der Waals surface area contributed by atoms with Crippen molar-refractivity contribution in [3.63, 3.8) is 0 Å². The molecule has 0 atom stereocenters. The summed E-state index contributed by atoms with van der Waals surface area (Å²) in [5.41, 5.74) is 2.09. The van der Waals surface area contributed by atoms with Gasteiger partial charge >= 0.3 is 0 Å². The Bertz CT molecular complexity index is 949. The van der Waals surface area contributed by atoms with Crippen molar-refractivity contribution in [3.8, 4) is 0 Å². The quantitative estimate of drug-likeness (QED) is 0.719. The minimum atomic E-state index is -3.43. The maximum Gasteiger partial charge on any atom is 0.251 e. The van der Waals surface area contributed by atoms with Gasteiger partial charge in [-0.1, -0.05) is 30.3 Å². The van der Waals surface area contributed by atoms with E-state index in [1.165, 1.54) is 0 Å². The number of thiophene rings is 1. The standard InChI is InChI=1S/C19H17NO3S2/c21-19(20-12-16-9-10-24-13-16)17-6-4-5-15(11-17)14-25(22,23)18-7-2-1-3-8-18/h1-11,13H,12,14H2,(H,20,21). The van der Waals surface area contributed by atoms with E-state index in [0.29, 0.717) is 17.7 Å². The molecule has 0 spiro atoms. The third kappa shape index (κ3) is 4.55. The van der Waals surface area contributed by atoms with Crippen molar-refractivity contribution in [1.29, 1.82) is 0 Å². The number of benzene rings is 2. The van der Waals surface area contributed by atoms with Gasteiger partial charge in [-0.2, -0.15) is 11.3 Å². The van der Waals surface area contributed by atoms with Crippen LogP contribution in [0.25, 0.3) is 0 Å². The highest BCUT2D eigenvalue weighted by Crippen LogP contribution is 2.17. The fraction of sp³-hybridized carbons (Fsp3) is 0.105. The van der Waals surface area contributed by atoms with Crippen molar-refractivity contribution in [3.05, 3.63) is 88.1 Å². The summed E-state index contributed by atoms with van der Waals surface area (Å²) in [6.45, 7) is 0.453. The number of sulfone groups is 1. The van der Waals surface area contributed by atoms with Gasteiger partial charge < -0.3 is 5.32 Å². The zero-order chi connectivity index (χ0) is 17.7. The first kappa shape index (κ1) is 17.4. The molecule has 3 rings (SSSR count). The van der Waals surface area contributed by atoms with Crippen LogP contribution in [0.4, 0.5) is 0 Å². The lowest BCUT2D eigenvalue weighted by atomic mass is 10.1. The topological polar surface area (TPSA) is 63.2 Å². The maximum absolute atomic E-state index is 12.5. The minimum Gasteiger partial charge on any atom is -0.348 e. The van der Waals surface area contributed by atoms with Gasteiger partial charge in [0.15, 0.2) is 9.84 Å². The number of hydrogen-bond donors (Lipinski definition) is 1. The highest BCUT2D eigenvalue weighted by atomic mass is 32.2. The molecule has 0 aliphatic rings. The molecular weight excluding hydrogens is 354 g/mol. The van der Waals surface area contributed by atoms with E-state index in [0.717, 1.165) is 5.56 Å². The van der Waals surface area contributed by atoms with E-state index in [1.54, 1.807) is 65.9 Å². The summed E-state index contributed by atoms with van der Waals surface area (Å²) in [4.78, 5) is 12.6. The Hall–Kier alpha value is -2.44. The van der Waals surface area contributed by atoms with Crippen molar-refractivity contribution in [1.82, 2.24) is 5.32 Å². The number of amides is 1. The Morgan fingerprint density at radius 2 is 1.76 bits per heavy atom.